The summed E-state index contributed by atoms with van der Waals surface area (Å²) in [5.74, 6) is -1.27. The third-order valence-corrected chi connectivity index (χ3v) is 9.66. The second kappa shape index (κ2) is 12.3. The lowest BCUT2D eigenvalue weighted by atomic mass is 9.88. The summed E-state index contributed by atoms with van der Waals surface area (Å²) in [7, 11) is 0. The molecule has 0 spiro atoms. The molecule has 3 aromatic heterocycles. The minimum absolute atomic E-state index is 0.0179. The van der Waals surface area contributed by atoms with Crippen LogP contribution in [0.25, 0.3) is 22.6 Å². The third-order valence-electron chi connectivity index (χ3n) is 9.42. The number of aromatic nitrogens is 5. The van der Waals surface area contributed by atoms with Gasteiger partial charge in [0.1, 0.15) is 17.2 Å². The Morgan fingerprint density at radius 3 is 2.61 bits per heavy atom. The number of fused-ring (bicyclic) bond motifs is 2. The minimum atomic E-state index is -4.75. The van der Waals surface area contributed by atoms with Crippen molar-refractivity contribution in [1.29, 1.82) is 0 Å². The van der Waals surface area contributed by atoms with Crippen molar-refractivity contribution in [3.8, 4) is 22.9 Å². The number of ether oxygens (including phenoxy) is 3. The molecule has 2 saturated heterocycles. The number of pyridine rings is 1. The average molecular weight is 699 g/mol. The SMILES string of the molecule is CC1(c2ccc(Cl)cc2F)Oc2cccc(C3CCN(Cc4nc5cc(-c6noc(C(F)(F)F)n6)cnc5n4C[C@@H]4CCCO4)CC3)c2O1. The molecule has 0 amide bonds. The van der Waals surface area contributed by atoms with E-state index in [1.807, 2.05) is 22.8 Å². The largest absolute Gasteiger partial charge is 0.471 e. The first kappa shape index (κ1) is 32.0. The molecule has 0 aliphatic carbocycles. The quantitative estimate of drug-likeness (QED) is 0.160. The van der Waals surface area contributed by atoms with E-state index in [0.29, 0.717) is 47.4 Å². The van der Waals surface area contributed by atoms with E-state index in [4.69, 9.17) is 30.8 Å². The standard InChI is InChI=1S/C34H31ClF4N6O4/c1-33(24-8-7-21(35)15-25(24)36)47-27-6-2-5-23(29(27)48-33)19-9-11-44(12-10-19)18-28-41-26-14-20(30-42-32(49-43-30)34(37,38)39)16-40-31(26)45(28)17-22-4-3-13-46-22/h2,5-8,14-16,19,22H,3-4,9-13,17-18H2,1H3/t22-,33?/m0/s1. The van der Waals surface area contributed by atoms with Gasteiger partial charge < -0.3 is 23.3 Å². The Morgan fingerprint density at radius 1 is 1.04 bits per heavy atom. The molecule has 3 aliphatic rings. The molecule has 0 saturated carbocycles. The van der Waals surface area contributed by atoms with Crippen molar-refractivity contribution in [3.63, 3.8) is 0 Å². The number of para-hydroxylation sites is 1. The molecule has 10 nitrogen and oxygen atoms in total. The number of alkyl halides is 3. The lowest BCUT2D eigenvalue weighted by Crippen LogP contribution is -2.34. The van der Waals surface area contributed by atoms with E-state index in [1.54, 1.807) is 25.1 Å². The Kier molecular flexibility index (Phi) is 7.99. The first-order valence-corrected chi connectivity index (χ1v) is 16.5. The summed E-state index contributed by atoms with van der Waals surface area (Å²) < 4.78 is 79.0. The fourth-order valence-electron chi connectivity index (χ4n) is 6.98. The zero-order valence-corrected chi connectivity index (χ0v) is 27.1. The van der Waals surface area contributed by atoms with Gasteiger partial charge in [-0.15, -0.1) is 0 Å². The van der Waals surface area contributed by atoms with Crippen molar-refractivity contribution in [3.05, 3.63) is 82.3 Å². The van der Waals surface area contributed by atoms with Crippen molar-refractivity contribution in [2.75, 3.05) is 19.7 Å². The zero-order valence-electron chi connectivity index (χ0n) is 26.3. The van der Waals surface area contributed by atoms with E-state index in [2.05, 4.69) is 24.5 Å². The van der Waals surface area contributed by atoms with Gasteiger partial charge in [-0.2, -0.15) is 18.2 Å². The van der Waals surface area contributed by atoms with Gasteiger partial charge in [-0.1, -0.05) is 28.9 Å². The topological polar surface area (TPSA) is 101 Å². The number of likely N-dealkylation sites (tertiary alicyclic amines) is 1. The van der Waals surface area contributed by atoms with Gasteiger partial charge in [-0.3, -0.25) is 4.90 Å². The number of imidazole rings is 1. The molecular weight excluding hydrogens is 668 g/mol. The van der Waals surface area contributed by atoms with Gasteiger partial charge in [0.25, 0.3) is 5.79 Å². The number of nitrogens with zero attached hydrogens (tertiary/aromatic N) is 6. The Bertz CT molecular complexity index is 2020. The summed E-state index contributed by atoms with van der Waals surface area (Å²) in [6, 6.07) is 11.9. The van der Waals surface area contributed by atoms with Gasteiger partial charge in [-0.05, 0) is 75.0 Å². The van der Waals surface area contributed by atoms with Crippen molar-refractivity contribution in [1.82, 2.24) is 29.6 Å². The highest BCUT2D eigenvalue weighted by atomic mass is 35.5. The van der Waals surface area contributed by atoms with Crippen molar-refractivity contribution in [2.45, 2.75) is 69.7 Å². The highest BCUT2D eigenvalue weighted by molar-refractivity contribution is 6.30. The highest BCUT2D eigenvalue weighted by Crippen LogP contribution is 2.50. The smallest absolute Gasteiger partial charge is 0.444 e. The maximum absolute atomic E-state index is 14.9. The van der Waals surface area contributed by atoms with Gasteiger partial charge in [0, 0.05) is 35.9 Å². The number of piperidine rings is 1. The number of hydrogen-bond donors (Lipinski definition) is 0. The van der Waals surface area contributed by atoms with Crippen LogP contribution in [0.1, 0.15) is 61.4 Å². The predicted octanol–water partition coefficient (Wildman–Crippen LogP) is 7.50. The van der Waals surface area contributed by atoms with Gasteiger partial charge in [0.05, 0.1) is 24.8 Å². The summed E-state index contributed by atoms with van der Waals surface area (Å²) in [6.07, 6.45) is 0.298. The lowest BCUT2D eigenvalue weighted by molar-refractivity contribution is -0.159. The van der Waals surface area contributed by atoms with E-state index in [0.717, 1.165) is 50.2 Å². The molecular formula is C34H31ClF4N6O4. The van der Waals surface area contributed by atoms with Gasteiger partial charge in [0.2, 0.25) is 5.82 Å². The average Bonchev–Trinajstić information content (AvgIpc) is 3.88. The summed E-state index contributed by atoms with van der Waals surface area (Å²) in [4.78, 5) is 15.3. The molecule has 5 aromatic rings. The summed E-state index contributed by atoms with van der Waals surface area (Å²) in [5.41, 5.74) is 2.70. The van der Waals surface area contributed by atoms with E-state index < -0.39 is 23.7 Å². The molecule has 8 rings (SSSR count). The molecule has 3 aliphatic heterocycles. The maximum atomic E-state index is 14.9. The first-order valence-electron chi connectivity index (χ1n) is 16.1. The molecule has 49 heavy (non-hydrogen) atoms. The van der Waals surface area contributed by atoms with E-state index in [9.17, 15) is 17.6 Å². The van der Waals surface area contributed by atoms with Gasteiger partial charge in [0.15, 0.2) is 17.1 Å². The monoisotopic (exact) mass is 698 g/mol. The maximum Gasteiger partial charge on any atom is 0.471 e. The van der Waals surface area contributed by atoms with Crippen LogP contribution in [0.5, 0.6) is 11.5 Å². The van der Waals surface area contributed by atoms with Crippen LogP contribution in [-0.2, 0) is 29.8 Å². The summed E-state index contributed by atoms with van der Waals surface area (Å²) in [6.45, 7) is 5.07. The molecule has 2 atom stereocenters. The van der Waals surface area contributed by atoms with Crippen LogP contribution in [0.4, 0.5) is 17.6 Å². The Labute approximate surface area is 282 Å². The molecule has 0 radical (unpaired) electrons. The molecule has 2 fully saturated rings. The predicted molar refractivity (Wildman–Crippen MR) is 169 cm³/mol. The summed E-state index contributed by atoms with van der Waals surface area (Å²) >= 11 is 5.98. The van der Waals surface area contributed by atoms with Crippen molar-refractivity contribution in [2.24, 2.45) is 0 Å². The fourth-order valence-corrected chi connectivity index (χ4v) is 7.14. The Hall–Kier alpha value is -4.27. The molecule has 15 heteroatoms. The lowest BCUT2D eigenvalue weighted by Gasteiger charge is -2.32. The van der Waals surface area contributed by atoms with Crippen molar-refractivity contribution < 1.29 is 36.3 Å². The highest BCUT2D eigenvalue weighted by Gasteiger charge is 2.43. The molecule has 256 valence electrons. The van der Waals surface area contributed by atoms with Gasteiger partial charge in [-0.25, -0.2) is 14.4 Å². The van der Waals surface area contributed by atoms with E-state index >= 15 is 0 Å². The molecule has 0 N–H and O–H groups in total. The first-order chi connectivity index (χ1) is 23.5. The van der Waals surface area contributed by atoms with Crippen molar-refractivity contribution >= 4 is 22.8 Å². The van der Waals surface area contributed by atoms with Crippen LogP contribution < -0.4 is 9.47 Å². The van der Waals surface area contributed by atoms with Crippen LogP contribution in [0.2, 0.25) is 5.02 Å². The second-order valence-corrected chi connectivity index (χ2v) is 13.2. The summed E-state index contributed by atoms with van der Waals surface area (Å²) in [5, 5.41) is 3.80. The van der Waals surface area contributed by atoms with Gasteiger partial charge >= 0.3 is 12.1 Å². The Balaban J connectivity index is 1.01. The number of rotatable bonds is 7. The molecule has 0 bridgehead atoms. The molecule has 1 unspecified atom stereocenters. The number of benzene rings is 2. The van der Waals surface area contributed by atoms with E-state index in [-0.39, 0.29) is 29.0 Å². The van der Waals surface area contributed by atoms with Crippen LogP contribution in [-0.4, -0.2) is 55.4 Å². The number of halogens is 5. The van der Waals surface area contributed by atoms with E-state index in [1.165, 1.54) is 12.3 Å². The molecule has 6 heterocycles. The van der Waals surface area contributed by atoms with Crippen LogP contribution in [0, 0.1) is 5.82 Å². The fraction of sp³-hybridized carbons (Fsp3) is 0.412. The van der Waals surface area contributed by atoms with Crippen LogP contribution in [0.3, 0.4) is 0 Å². The third kappa shape index (κ3) is 6.10. The molecule has 2 aromatic carbocycles. The normalized spacial score (nSPS) is 21.6. The number of hydrogen-bond acceptors (Lipinski definition) is 9. The van der Waals surface area contributed by atoms with Crippen LogP contribution >= 0.6 is 11.6 Å². The minimum Gasteiger partial charge on any atom is -0.444 e. The Morgan fingerprint density at radius 2 is 1.88 bits per heavy atom. The zero-order chi connectivity index (χ0) is 33.9. The van der Waals surface area contributed by atoms with Crippen LogP contribution in [0.15, 0.2) is 53.2 Å². The second-order valence-electron chi connectivity index (χ2n) is 12.8.